The van der Waals surface area contributed by atoms with E-state index in [1.54, 1.807) is 25.2 Å². The van der Waals surface area contributed by atoms with Crippen LogP contribution < -0.4 is 16.0 Å². The van der Waals surface area contributed by atoms with Crippen molar-refractivity contribution in [3.8, 4) is 0 Å². The monoisotopic (exact) mass is 584 g/mol. The van der Waals surface area contributed by atoms with Crippen LogP contribution >= 0.6 is 34.5 Å². The summed E-state index contributed by atoms with van der Waals surface area (Å²) < 4.78 is 38.4. The molecule has 0 radical (unpaired) electrons. The second-order valence-corrected chi connectivity index (χ2v) is 9.82. The molecule has 2 aromatic heterocycles. The molecule has 1 fully saturated rings. The molecule has 0 aliphatic carbocycles. The Morgan fingerprint density at radius 3 is 2.11 bits per heavy atom. The highest BCUT2D eigenvalue weighted by molar-refractivity contribution is 7.18. The second-order valence-electron chi connectivity index (χ2n) is 7.94. The molecule has 0 unspecified atom stereocenters. The average molecular weight is 586 g/mol. The lowest BCUT2D eigenvalue weighted by atomic mass is 10.1. The molecule has 1 saturated heterocycles. The van der Waals surface area contributed by atoms with Crippen LogP contribution in [0.15, 0.2) is 42.5 Å². The quantitative estimate of drug-likeness (QED) is 0.219. The van der Waals surface area contributed by atoms with E-state index in [0.29, 0.717) is 44.3 Å². The van der Waals surface area contributed by atoms with Crippen molar-refractivity contribution < 1.29 is 13.2 Å². The van der Waals surface area contributed by atoms with E-state index >= 15 is 0 Å². The van der Waals surface area contributed by atoms with E-state index in [0.717, 1.165) is 22.7 Å². The molecule has 38 heavy (non-hydrogen) atoms. The molecule has 0 amide bonds. The molecule has 204 valence electrons. The predicted molar refractivity (Wildman–Crippen MR) is 152 cm³/mol. The van der Waals surface area contributed by atoms with Gasteiger partial charge in [0, 0.05) is 29.2 Å². The SMILES string of the molecule is C1CCNC1.CC.CNc1nc(Nc2ccc(C(F)(F)F)cc2)c2nc(Cc3c(Cl)cccc3Cl)sc2n1. The van der Waals surface area contributed by atoms with Crippen molar-refractivity contribution in [2.75, 3.05) is 30.8 Å². The molecule has 0 saturated carbocycles. The van der Waals surface area contributed by atoms with Crippen LogP contribution in [0.25, 0.3) is 10.3 Å². The maximum atomic E-state index is 12.8. The highest BCUT2D eigenvalue weighted by Gasteiger charge is 2.30. The van der Waals surface area contributed by atoms with E-state index in [4.69, 9.17) is 23.2 Å². The number of benzene rings is 2. The van der Waals surface area contributed by atoms with Gasteiger partial charge in [-0.25, -0.2) is 9.97 Å². The van der Waals surface area contributed by atoms with Crippen LogP contribution in [0.1, 0.15) is 42.8 Å². The fourth-order valence-electron chi connectivity index (χ4n) is 3.50. The molecule has 0 bridgehead atoms. The Bertz CT molecular complexity index is 1300. The number of anilines is 3. The first-order chi connectivity index (χ1) is 18.2. The fraction of sp³-hybridized carbons (Fsp3) is 0.346. The van der Waals surface area contributed by atoms with Gasteiger partial charge in [0.25, 0.3) is 0 Å². The number of alkyl halides is 3. The van der Waals surface area contributed by atoms with Crippen molar-refractivity contribution in [1.29, 1.82) is 0 Å². The van der Waals surface area contributed by atoms with Gasteiger partial charge in [0.15, 0.2) is 10.6 Å². The minimum Gasteiger partial charge on any atom is -0.357 e. The summed E-state index contributed by atoms with van der Waals surface area (Å²) in [5, 5.41) is 10.9. The number of aromatic nitrogens is 3. The van der Waals surface area contributed by atoms with Crippen LogP contribution in [0.2, 0.25) is 10.0 Å². The van der Waals surface area contributed by atoms with Crippen LogP contribution in [0, 0.1) is 0 Å². The standard InChI is InChI=1S/C20H14Cl2F3N5S.C4H9N.C2H6/c1-26-19-29-17(27-11-7-5-10(6-8-11)20(23,24)25)16-18(30-19)31-15(28-16)9-12-13(21)3-2-4-14(12)22;1-2-4-5-3-1;1-2/h2-8H,9H2,1H3,(H2,26,27,29,30);5H,1-4H2;1-2H3. The van der Waals surface area contributed by atoms with Crippen molar-refractivity contribution >= 4 is 62.3 Å². The Hall–Kier alpha value is -2.66. The van der Waals surface area contributed by atoms with E-state index in [1.807, 2.05) is 13.8 Å². The van der Waals surface area contributed by atoms with Gasteiger partial charge in [-0.1, -0.05) is 54.5 Å². The lowest BCUT2D eigenvalue weighted by Crippen LogP contribution is -2.05. The number of fused-ring (bicyclic) bond motifs is 1. The highest BCUT2D eigenvalue weighted by Crippen LogP contribution is 2.34. The van der Waals surface area contributed by atoms with Gasteiger partial charge in [-0.3, -0.25) is 0 Å². The molecule has 0 spiro atoms. The number of thiazole rings is 1. The largest absolute Gasteiger partial charge is 0.416 e. The third kappa shape index (κ3) is 7.92. The molecule has 0 atom stereocenters. The van der Waals surface area contributed by atoms with Crippen LogP contribution in [0.4, 0.5) is 30.6 Å². The van der Waals surface area contributed by atoms with E-state index in [2.05, 4.69) is 30.9 Å². The van der Waals surface area contributed by atoms with Gasteiger partial charge in [0.05, 0.1) is 5.56 Å². The summed E-state index contributed by atoms with van der Waals surface area (Å²) in [7, 11) is 1.68. The van der Waals surface area contributed by atoms with E-state index in [9.17, 15) is 13.2 Å². The summed E-state index contributed by atoms with van der Waals surface area (Å²) in [5.74, 6) is 0.731. The molecule has 3 N–H and O–H groups in total. The first kappa shape index (κ1) is 29.9. The topological polar surface area (TPSA) is 74.8 Å². The Labute approximate surface area is 234 Å². The highest BCUT2D eigenvalue weighted by atomic mass is 35.5. The number of nitrogens with zero attached hydrogens (tertiary/aromatic N) is 3. The first-order valence-corrected chi connectivity index (χ1v) is 13.7. The molecule has 12 heteroatoms. The molecule has 1 aliphatic rings. The van der Waals surface area contributed by atoms with Crippen LogP contribution in [0.5, 0.6) is 0 Å². The van der Waals surface area contributed by atoms with Crippen LogP contribution in [-0.4, -0.2) is 35.1 Å². The van der Waals surface area contributed by atoms with Crippen molar-refractivity contribution in [3.05, 3.63) is 68.6 Å². The Morgan fingerprint density at radius 2 is 1.58 bits per heavy atom. The molecule has 2 aromatic carbocycles. The third-order valence-corrected chi connectivity index (χ3v) is 7.01. The number of nitrogens with one attached hydrogen (secondary N) is 3. The summed E-state index contributed by atoms with van der Waals surface area (Å²) in [6, 6.07) is 9.97. The van der Waals surface area contributed by atoms with E-state index in [-0.39, 0.29) is 0 Å². The molecular formula is C26H29Cl2F3N6S. The summed E-state index contributed by atoms with van der Waals surface area (Å²) in [4.78, 5) is 14.0. The summed E-state index contributed by atoms with van der Waals surface area (Å²) in [6.07, 6.45) is -1.21. The lowest BCUT2D eigenvalue weighted by Gasteiger charge is -2.10. The average Bonchev–Trinajstić information content (AvgIpc) is 3.61. The fourth-order valence-corrected chi connectivity index (χ4v) is 4.98. The van der Waals surface area contributed by atoms with E-state index in [1.165, 1.54) is 49.4 Å². The zero-order valence-corrected chi connectivity index (χ0v) is 23.5. The van der Waals surface area contributed by atoms with Crippen molar-refractivity contribution in [2.24, 2.45) is 0 Å². The van der Waals surface area contributed by atoms with Gasteiger partial charge in [-0.2, -0.15) is 18.2 Å². The maximum absolute atomic E-state index is 12.8. The number of halogens is 5. The second kappa shape index (κ2) is 13.9. The summed E-state index contributed by atoms with van der Waals surface area (Å²) >= 11 is 13.9. The normalized spacial score (nSPS) is 12.8. The summed E-state index contributed by atoms with van der Waals surface area (Å²) in [6.45, 7) is 6.50. The van der Waals surface area contributed by atoms with E-state index < -0.39 is 11.7 Å². The number of hydrogen-bond acceptors (Lipinski definition) is 7. The lowest BCUT2D eigenvalue weighted by molar-refractivity contribution is -0.137. The zero-order valence-electron chi connectivity index (χ0n) is 21.2. The van der Waals surface area contributed by atoms with Gasteiger partial charge in [0.2, 0.25) is 5.95 Å². The Morgan fingerprint density at radius 1 is 0.947 bits per heavy atom. The smallest absolute Gasteiger partial charge is 0.357 e. The third-order valence-electron chi connectivity index (χ3n) is 5.35. The zero-order chi connectivity index (χ0) is 27.7. The summed E-state index contributed by atoms with van der Waals surface area (Å²) in [5.41, 5.74) is 0.971. The van der Waals surface area contributed by atoms with Crippen molar-refractivity contribution in [1.82, 2.24) is 20.3 Å². The maximum Gasteiger partial charge on any atom is 0.416 e. The van der Waals surface area contributed by atoms with Crippen LogP contribution in [0.3, 0.4) is 0 Å². The number of hydrogen-bond donors (Lipinski definition) is 3. The predicted octanol–water partition coefficient (Wildman–Crippen LogP) is 8.18. The minimum absolute atomic E-state index is 0.355. The van der Waals surface area contributed by atoms with Gasteiger partial charge >= 0.3 is 6.18 Å². The van der Waals surface area contributed by atoms with Gasteiger partial charge in [-0.05, 0) is 67.9 Å². The molecule has 4 aromatic rings. The Balaban J connectivity index is 0.000000504. The minimum atomic E-state index is -4.40. The van der Waals surface area contributed by atoms with Crippen LogP contribution in [-0.2, 0) is 12.6 Å². The molecule has 3 heterocycles. The molecule has 1 aliphatic heterocycles. The Kier molecular flexibility index (Phi) is 11.0. The van der Waals surface area contributed by atoms with Crippen molar-refractivity contribution in [2.45, 2.75) is 39.3 Å². The van der Waals surface area contributed by atoms with Gasteiger partial charge in [0.1, 0.15) is 10.5 Å². The van der Waals surface area contributed by atoms with Crippen molar-refractivity contribution in [3.63, 3.8) is 0 Å². The molecular weight excluding hydrogens is 556 g/mol. The van der Waals surface area contributed by atoms with Gasteiger partial charge < -0.3 is 16.0 Å². The molecule has 6 nitrogen and oxygen atoms in total. The first-order valence-electron chi connectivity index (χ1n) is 12.2. The number of rotatable bonds is 5. The van der Waals surface area contributed by atoms with Gasteiger partial charge in [-0.15, -0.1) is 0 Å². The molecule has 5 rings (SSSR count).